The van der Waals surface area contributed by atoms with Crippen molar-refractivity contribution in [3.05, 3.63) is 26.3 Å². The van der Waals surface area contributed by atoms with Crippen molar-refractivity contribution in [3.63, 3.8) is 0 Å². The number of rotatable bonds is 0. The molecule has 0 radical (unpaired) electrons. The first-order chi connectivity index (χ1) is 7.79. The van der Waals surface area contributed by atoms with Crippen molar-refractivity contribution in [2.45, 2.75) is 26.3 Å². The smallest absolute Gasteiger partial charge is 0.312 e. The van der Waals surface area contributed by atoms with Crippen LogP contribution in [0.15, 0.2) is 21.1 Å². The van der Waals surface area contributed by atoms with Gasteiger partial charge in [-0.2, -0.15) is 0 Å². The Bertz CT molecular complexity index is 595. The van der Waals surface area contributed by atoms with Crippen LogP contribution < -0.4 is 9.64 Å². The van der Waals surface area contributed by atoms with E-state index in [-0.39, 0.29) is 5.54 Å². The van der Waals surface area contributed by atoms with Crippen LogP contribution in [0.5, 0.6) is 0 Å². The largest absolute Gasteiger partial charge is 0.590 e. The van der Waals surface area contributed by atoms with Gasteiger partial charge in [0.1, 0.15) is 0 Å². The van der Waals surface area contributed by atoms with Crippen LogP contribution in [-0.4, -0.2) is 10.3 Å². The summed E-state index contributed by atoms with van der Waals surface area (Å²) in [5, 5.41) is 20.1. The molecule has 0 aliphatic carbocycles. The molecule has 0 bridgehead atoms. The summed E-state index contributed by atoms with van der Waals surface area (Å²) in [6, 6.07) is 3.54. The zero-order valence-electron chi connectivity index (χ0n) is 9.61. The number of hydrogen-bond acceptors (Lipinski definition) is 3. The molecule has 2 aromatic rings. The molecule has 90 valence electrons. The van der Waals surface area contributed by atoms with Gasteiger partial charge in [-0.05, 0) is 22.0 Å². The van der Waals surface area contributed by atoms with Crippen molar-refractivity contribution in [2.75, 3.05) is 0 Å². The summed E-state index contributed by atoms with van der Waals surface area (Å²) >= 11 is 6.73. The van der Waals surface area contributed by atoms with E-state index in [9.17, 15) is 5.21 Å². The van der Waals surface area contributed by atoms with Crippen molar-refractivity contribution < 1.29 is 9.64 Å². The second-order valence-corrected chi connectivity index (χ2v) is 6.45. The number of nitrogens with zero attached hydrogens (tertiary/aromatic N) is 4. The third-order valence-electron chi connectivity index (χ3n) is 2.17. The molecule has 0 aliphatic heterocycles. The Morgan fingerprint density at radius 3 is 2.47 bits per heavy atom. The van der Waals surface area contributed by atoms with Gasteiger partial charge in [-0.15, -0.1) is 0 Å². The van der Waals surface area contributed by atoms with Crippen molar-refractivity contribution in [2.24, 2.45) is 0 Å². The maximum absolute atomic E-state index is 11.9. The van der Waals surface area contributed by atoms with Gasteiger partial charge in [-0.25, -0.2) is 0 Å². The Morgan fingerprint density at radius 2 is 1.88 bits per heavy atom. The van der Waals surface area contributed by atoms with Gasteiger partial charge in [0.05, 0.1) is 9.27 Å². The molecule has 17 heavy (non-hydrogen) atoms. The fourth-order valence-corrected chi connectivity index (χ4v) is 2.60. The van der Waals surface area contributed by atoms with Crippen LogP contribution in [-0.2, 0) is 5.54 Å². The lowest BCUT2D eigenvalue weighted by Gasteiger charge is -2.06. The van der Waals surface area contributed by atoms with E-state index in [1.54, 1.807) is 6.07 Å². The average molecular weight is 363 g/mol. The maximum atomic E-state index is 11.9. The number of benzene rings is 1. The lowest BCUT2D eigenvalue weighted by atomic mass is 10.1. The topological polar surface area (TPSA) is 56.6 Å². The monoisotopic (exact) mass is 361 g/mol. The lowest BCUT2D eigenvalue weighted by molar-refractivity contribution is -0.941. The molecule has 0 N–H and O–H groups in total. The molecule has 0 saturated carbocycles. The Labute approximate surface area is 115 Å². The van der Waals surface area contributed by atoms with Gasteiger partial charge in [0.15, 0.2) is 0 Å². The molecule has 0 fully saturated rings. The zero-order valence-corrected chi connectivity index (χ0v) is 12.8. The highest BCUT2D eigenvalue weighted by molar-refractivity contribution is 9.11. The molecule has 0 amide bonds. The highest BCUT2D eigenvalue weighted by atomic mass is 79.9. The van der Waals surface area contributed by atoms with E-state index in [0.717, 1.165) is 8.95 Å². The fourth-order valence-electron chi connectivity index (χ4n) is 1.32. The van der Waals surface area contributed by atoms with Gasteiger partial charge in [0, 0.05) is 41.3 Å². The Hall–Kier alpha value is -0.820. The number of halogens is 2. The first-order valence-corrected chi connectivity index (χ1v) is 6.57. The second-order valence-electron chi connectivity index (χ2n) is 4.68. The molecule has 1 heterocycles. The van der Waals surface area contributed by atoms with Crippen molar-refractivity contribution in [1.82, 2.24) is 10.3 Å². The van der Waals surface area contributed by atoms with Gasteiger partial charge in [-0.3, -0.25) is 0 Å². The summed E-state index contributed by atoms with van der Waals surface area (Å²) in [5.41, 5.74) is 0.673. The van der Waals surface area contributed by atoms with E-state index >= 15 is 0 Å². The van der Waals surface area contributed by atoms with Gasteiger partial charge < -0.3 is 5.21 Å². The number of aromatic nitrogens is 4. The fraction of sp³-hybridized carbons (Fsp3) is 0.400. The quantitative estimate of drug-likeness (QED) is 0.530. The van der Waals surface area contributed by atoms with Crippen LogP contribution >= 0.6 is 31.9 Å². The Kier molecular flexibility index (Phi) is 3.07. The molecule has 0 aliphatic rings. The van der Waals surface area contributed by atoms with Crippen LogP contribution in [0.4, 0.5) is 0 Å². The number of hydrogen-bond donors (Lipinski definition) is 0. The highest BCUT2D eigenvalue weighted by Gasteiger charge is 2.32. The Morgan fingerprint density at radius 1 is 1.24 bits per heavy atom. The van der Waals surface area contributed by atoms with Gasteiger partial charge in [0.25, 0.3) is 5.52 Å². The van der Waals surface area contributed by atoms with E-state index in [1.807, 2.05) is 26.8 Å². The van der Waals surface area contributed by atoms with Crippen molar-refractivity contribution in [3.8, 4) is 0 Å². The van der Waals surface area contributed by atoms with Gasteiger partial charge >= 0.3 is 5.21 Å². The zero-order chi connectivity index (χ0) is 12.8. The molecule has 0 unspecified atom stereocenters. The van der Waals surface area contributed by atoms with Crippen LogP contribution in [0.2, 0.25) is 0 Å². The highest BCUT2D eigenvalue weighted by Crippen LogP contribution is 2.24. The van der Waals surface area contributed by atoms with Crippen molar-refractivity contribution in [1.29, 1.82) is 0 Å². The summed E-state index contributed by atoms with van der Waals surface area (Å²) in [6.07, 6.45) is 0. The van der Waals surface area contributed by atoms with E-state index < -0.39 is 0 Å². The normalized spacial score (nSPS) is 12.1. The maximum Gasteiger partial charge on any atom is 0.312 e. The molecule has 0 atom stereocenters. The summed E-state index contributed by atoms with van der Waals surface area (Å²) in [6.45, 7) is 5.81. The third kappa shape index (κ3) is 2.40. The summed E-state index contributed by atoms with van der Waals surface area (Å²) < 4.78 is 1.56. The lowest BCUT2D eigenvalue weighted by Crippen LogP contribution is -2.62. The molecule has 5 nitrogen and oxygen atoms in total. The summed E-state index contributed by atoms with van der Waals surface area (Å²) in [4.78, 5) is 2.00. The molecular weight excluding hydrogens is 352 g/mol. The predicted octanol–water partition coefficient (Wildman–Crippen LogP) is 1.83. The molecule has 0 spiro atoms. The first-order valence-electron chi connectivity index (χ1n) is 4.99. The standard InChI is InChI=1S/C10H11Br2N4O/c1-10(2,3)16-13-9-7(12)4-6(11)5-8(9)15(17)14-16/h4-5H,1-3H3/q+1. The van der Waals surface area contributed by atoms with E-state index in [0.29, 0.717) is 15.9 Å². The van der Waals surface area contributed by atoms with E-state index in [2.05, 4.69) is 42.2 Å². The van der Waals surface area contributed by atoms with Crippen LogP contribution in [0.3, 0.4) is 0 Å². The molecular formula is C10H11Br2N4O+. The van der Waals surface area contributed by atoms with Crippen molar-refractivity contribution >= 4 is 42.9 Å². The van der Waals surface area contributed by atoms with Gasteiger partial charge in [0.2, 0.25) is 11.1 Å². The minimum absolute atomic E-state index is 0.340. The van der Waals surface area contributed by atoms with Gasteiger partial charge in [-0.1, -0.05) is 15.9 Å². The van der Waals surface area contributed by atoms with Crippen LogP contribution in [0, 0.1) is 5.21 Å². The molecule has 0 saturated heterocycles. The number of fused-ring (bicyclic) bond motifs is 1. The van der Waals surface area contributed by atoms with E-state index in [4.69, 9.17) is 0 Å². The first kappa shape index (κ1) is 12.6. The predicted molar refractivity (Wildman–Crippen MR) is 69.1 cm³/mol. The summed E-state index contributed by atoms with van der Waals surface area (Å²) in [5.74, 6) is 0. The SMILES string of the molecule is CC(C)(C)[n+]1nc2c(Br)cc(Br)cc2[n+]([O-])n1. The second kappa shape index (κ2) is 4.13. The van der Waals surface area contributed by atoms with Crippen LogP contribution in [0.1, 0.15) is 20.8 Å². The van der Waals surface area contributed by atoms with Crippen LogP contribution in [0.25, 0.3) is 11.0 Å². The molecule has 1 aromatic heterocycles. The minimum Gasteiger partial charge on any atom is -0.590 e. The van der Waals surface area contributed by atoms with E-state index in [1.165, 1.54) is 4.80 Å². The minimum atomic E-state index is -0.340. The third-order valence-corrected chi connectivity index (χ3v) is 3.24. The molecule has 2 rings (SSSR count). The Balaban J connectivity index is 2.83. The molecule has 1 aromatic carbocycles. The molecule has 7 heteroatoms. The summed E-state index contributed by atoms with van der Waals surface area (Å²) in [7, 11) is 0. The average Bonchev–Trinajstić information content (AvgIpc) is 2.17.